The highest BCUT2D eigenvalue weighted by Gasteiger charge is 2.26. The largest absolute Gasteiger partial charge is 0.366 e. The Hall–Kier alpha value is -1.89. The van der Waals surface area contributed by atoms with Gasteiger partial charge in [-0.2, -0.15) is 4.68 Å². The van der Waals surface area contributed by atoms with Crippen molar-refractivity contribution in [1.82, 2.24) is 20.2 Å². The van der Waals surface area contributed by atoms with E-state index in [2.05, 4.69) is 32.2 Å². The quantitative estimate of drug-likeness (QED) is 0.392. The van der Waals surface area contributed by atoms with Crippen LogP contribution in [0.15, 0.2) is 28.2 Å². The van der Waals surface area contributed by atoms with Crippen LogP contribution >= 0.6 is 0 Å². The van der Waals surface area contributed by atoms with E-state index in [0.717, 1.165) is 5.70 Å². The molecule has 1 saturated heterocycles. The number of nitrogens with zero attached hydrogens (tertiary/aromatic N) is 6. The second-order valence-electron chi connectivity index (χ2n) is 2.96. The summed E-state index contributed by atoms with van der Waals surface area (Å²) in [5.41, 5.74) is 0.724. The highest BCUT2D eigenvalue weighted by atomic mass is 16.6. The fourth-order valence-electron chi connectivity index (χ4n) is 0.973. The Morgan fingerprint density at radius 1 is 1.73 bits per heavy atom. The average molecular weight is 206 g/mol. The highest BCUT2D eigenvalue weighted by molar-refractivity contribution is 5.81. The number of ether oxygens (including phenoxy) is 1. The van der Waals surface area contributed by atoms with Crippen LogP contribution in [-0.4, -0.2) is 45.5 Å². The van der Waals surface area contributed by atoms with E-state index >= 15 is 0 Å². The predicted octanol–water partition coefficient (Wildman–Crippen LogP) is -0.120. The van der Waals surface area contributed by atoms with Gasteiger partial charge in [0, 0.05) is 0 Å². The van der Waals surface area contributed by atoms with Crippen molar-refractivity contribution in [2.75, 3.05) is 6.61 Å². The highest BCUT2D eigenvalue weighted by Crippen LogP contribution is 2.19. The van der Waals surface area contributed by atoms with Gasteiger partial charge in [0.2, 0.25) is 0 Å². The van der Waals surface area contributed by atoms with Crippen LogP contribution in [0.5, 0.6) is 0 Å². The summed E-state index contributed by atoms with van der Waals surface area (Å²) < 4.78 is 6.53. The number of tetrazole rings is 1. The molecule has 0 amide bonds. The molecule has 7 nitrogen and oxygen atoms in total. The molecule has 1 aliphatic heterocycles. The Kier molecular flexibility index (Phi) is 2.64. The average Bonchev–Trinajstić information content (AvgIpc) is 2.94. The van der Waals surface area contributed by atoms with Gasteiger partial charge in [0.25, 0.3) is 0 Å². The number of hydrogen-bond acceptors (Lipinski definition) is 6. The Labute approximate surface area is 86.2 Å². The molecule has 0 saturated carbocycles. The zero-order valence-electron chi connectivity index (χ0n) is 8.24. The summed E-state index contributed by atoms with van der Waals surface area (Å²) in [4.78, 5) is 7.98. The normalized spacial score (nSPS) is 21.5. The van der Waals surface area contributed by atoms with Gasteiger partial charge in [-0.1, -0.05) is 0 Å². The lowest BCUT2D eigenvalue weighted by Gasteiger charge is -1.95. The van der Waals surface area contributed by atoms with Crippen LogP contribution in [0.25, 0.3) is 0 Å². The molecule has 1 unspecified atom stereocenters. The minimum absolute atomic E-state index is 0.0490. The molecule has 0 radical (unpaired) electrons. The molecule has 1 fully saturated rings. The molecule has 7 heteroatoms. The third kappa shape index (κ3) is 2.32. The molecule has 0 N–H and O–H groups in total. The Morgan fingerprint density at radius 3 is 3.07 bits per heavy atom. The van der Waals surface area contributed by atoms with Gasteiger partial charge in [-0.05, 0) is 24.1 Å². The van der Waals surface area contributed by atoms with Crippen molar-refractivity contribution >= 4 is 12.6 Å². The van der Waals surface area contributed by atoms with Gasteiger partial charge in [0.1, 0.15) is 18.3 Å². The van der Waals surface area contributed by atoms with Gasteiger partial charge in [-0.15, -0.1) is 5.10 Å². The lowest BCUT2D eigenvalue weighted by atomic mass is 10.4. The SMILES string of the molecule is C=N/C(=C\N=C(/C)n1cnnn1)C1CO1. The molecule has 1 aliphatic rings. The van der Waals surface area contributed by atoms with Crippen molar-refractivity contribution in [2.45, 2.75) is 13.0 Å². The summed E-state index contributed by atoms with van der Waals surface area (Å²) in [6.45, 7) is 5.93. The van der Waals surface area contributed by atoms with Crippen LogP contribution in [0.2, 0.25) is 0 Å². The zero-order valence-corrected chi connectivity index (χ0v) is 8.24. The third-order valence-corrected chi connectivity index (χ3v) is 1.91. The van der Waals surface area contributed by atoms with Gasteiger partial charge in [0.05, 0.1) is 18.5 Å². The van der Waals surface area contributed by atoms with E-state index in [1.54, 1.807) is 13.1 Å². The van der Waals surface area contributed by atoms with Crippen LogP contribution in [0, 0.1) is 0 Å². The van der Waals surface area contributed by atoms with Gasteiger partial charge >= 0.3 is 0 Å². The topological polar surface area (TPSA) is 80.8 Å². The van der Waals surface area contributed by atoms with Gasteiger partial charge in [-0.3, -0.25) is 4.99 Å². The molecular formula is C8H10N6O. The first-order valence-corrected chi connectivity index (χ1v) is 4.37. The van der Waals surface area contributed by atoms with E-state index in [-0.39, 0.29) is 6.10 Å². The second-order valence-corrected chi connectivity index (χ2v) is 2.96. The molecular weight excluding hydrogens is 196 g/mol. The fraction of sp³-hybridized carbons (Fsp3) is 0.375. The minimum atomic E-state index is 0.0490. The molecule has 1 aromatic rings. The smallest absolute Gasteiger partial charge is 0.145 e. The van der Waals surface area contributed by atoms with Gasteiger partial charge < -0.3 is 4.74 Å². The lowest BCUT2D eigenvalue weighted by Crippen LogP contribution is -2.07. The molecule has 78 valence electrons. The van der Waals surface area contributed by atoms with Crippen molar-refractivity contribution in [3.8, 4) is 0 Å². The third-order valence-electron chi connectivity index (χ3n) is 1.91. The molecule has 15 heavy (non-hydrogen) atoms. The number of epoxide rings is 1. The lowest BCUT2D eigenvalue weighted by molar-refractivity contribution is 0.430. The standard InChI is InChI=1S/C8H10N6O/c1-6(14-5-11-12-13-14)10-3-7(9-2)8-4-15-8/h3,5,8H,2,4H2,1H3/b7-3-,10-6+. The summed E-state index contributed by atoms with van der Waals surface area (Å²) >= 11 is 0. The summed E-state index contributed by atoms with van der Waals surface area (Å²) in [5, 5.41) is 10.7. The number of rotatable bonds is 3. The fourth-order valence-corrected chi connectivity index (χ4v) is 0.973. The maximum atomic E-state index is 5.07. The van der Waals surface area contributed by atoms with Crippen LogP contribution in [0.4, 0.5) is 0 Å². The Balaban J connectivity index is 2.12. The minimum Gasteiger partial charge on any atom is -0.366 e. The molecule has 2 heterocycles. The zero-order chi connectivity index (χ0) is 10.7. The summed E-state index contributed by atoms with van der Waals surface area (Å²) in [5.74, 6) is 0.654. The maximum Gasteiger partial charge on any atom is 0.145 e. The molecule has 0 aliphatic carbocycles. The van der Waals surface area contributed by atoms with Crippen molar-refractivity contribution in [3.63, 3.8) is 0 Å². The van der Waals surface area contributed by atoms with Gasteiger partial charge in [0.15, 0.2) is 0 Å². The Morgan fingerprint density at radius 2 is 2.53 bits per heavy atom. The first kappa shape index (κ1) is 9.66. The van der Waals surface area contributed by atoms with E-state index in [1.165, 1.54) is 11.0 Å². The summed E-state index contributed by atoms with van der Waals surface area (Å²) in [6.07, 6.45) is 3.14. The van der Waals surface area contributed by atoms with Crippen molar-refractivity contribution < 1.29 is 4.74 Å². The van der Waals surface area contributed by atoms with E-state index in [9.17, 15) is 0 Å². The van der Waals surface area contributed by atoms with Crippen molar-refractivity contribution in [3.05, 3.63) is 18.2 Å². The van der Waals surface area contributed by atoms with Crippen LogP contribution in [-0.2, 0) is 4.74 Å². The predicted molar refractivity (Wildman–Crippen MR) is 53.7 cm³/mol. The van der Waals surface area contributed by atoms with E-state index < -0.39 is 0 Å². The maximum absolute atomic E-state index is 5.07. The number of aromatic nitrogens is 4. The second kappa shape index (κ2) is 4.09. The monoisotopic (exact) mass is 206 g/mol. The van der Waals surface area contributed by atoms with Gasteiger partial charge in [-0.25, -0.2) is 4.99 Å². The van der Waals surface area contributed by atoms with Crippen LogP contribution in [0.3, 0.4) is 0 Å². The van der Waals surface area contributed by atoms with E-state index in [1.807, 2.05) is 0 Å². The van der Waals surface area contributed by atoms with E-state index in [0.29, 0.717) is 12.4 Å². The van der Waals surface area contributed by atoms with Crippen molar-refractivity contribution in [1.29, 1.82) is 0 Å². The molecule has 0 spiro atoms. The first-order chi connectivity index (χ1) is 7.31. The van der Waals surface area contributed by atoms with E-state index in [4.69, 9.17) is 4.74 Å². The molecule has 0 bridgehead atoms. The number of aliphatic imine (C=N–C) groups is 2. The number of hydrogen-bond donors (Lipinski definition) is 0. The first-order valence-electron chi connectivity index (χ1n) is 4.37. The molecule has 2 rings (SSSR count). The molecule has 1 atom stereocenters. The van der Waals surface area contributed by atoms with Crippen molar-refractivity contribution in [2.24, 2.45) is 9.98 Å². The molecule has 0 aromatic carbocycles. The Bertz CT molecular complexity index is 403. The molecule has 1 aromatic heterocycles. The summed E-state index contributed by atoms with van der Waals surface area (Å²) in [7, 11) is 0. The summed E-state index contributed by atoms with van der Waals surface area (Å²) in [6, 6.07) is 0. The van der Waals surface area contributed by atoms with Crippen LogP contribution in [0.1, 0.15) is 6.92 Å². The van der Waals surface area contributed by atoms with Crippen LogP contribution < -0.4 is 0 Å².